The van der Waals surface area contributed by atoms with Crippen LogP contribution < -0.4 is 11.3 Å². The highest BCUT2D eigenvalue weighted by atomic mass is 32.1. The molecular weight excluding hydrogens is 240 g/mol. The molecule has 18 heavy (non-hydrogen) atoms. The maximum Gasteiger partial charge on any atom is 0.0609 e. The van der Waals surface area contributed by atoms with E-state index in [0.717, 1.165) is 17.8 Å². The summed E-state index contributed by atoms with van der Waals surface area (Å²) in [4.78, 5) is 1.44. The topological polar surface area (TPSA) is 38.0 Å². The largest absolute Gasteiger partial charge is 0.271 e. The van der Waals surface area contributed by atoms with Gasteiger partial charge in [0, 0.05) is 4.88 Å². The monoisotopic (exact) mass is 262 g/mol. The molecule has 3 heteroatoms. The summed E-state index contributed by atoms with van der Waals surface area (Å²) in [7, 11) is 0. The molecule has 0 saturated heterocycles. The summed E-state index contributed by atoms with van der Waals surface area (Å²) in [5.41, 5.74) is 3.64. The summed E-state index contributed by atoms with van der Waals surface area (Å²) in [6, 6.07) is 4.81. The van der Waals surface area contributed by atoms with Crippen molar-refractivity contribution in [2.45, 2.75) is 44.6 Å². The second kappa shape index (κ2) is 4.06. The predicted molar refractivity (Wildman–Crippen MR) is 75.0 cm³/mol. The van der Waals surface area contributed by atoms with Crippen LogP contribution in [0.15, 0.2) is 17.5 Å². The lowest BCUT2D eigenvalue weighted by Crippen LogP contribution is -2.52. The van der Waals surface area contributed by atoms with Gasteiger partial charge in [-0.05, 0) is 73.1 Å². The average Bonchev–Trinajstić information content (AvgIpc) is 2.81. The van der Waals surface area contributed by atoms with Gasteiger partial charge in [-0.15, -0.1) is 11.3 Å². The smallest absolute Gasteiger partial charge is 0.0609 e. The van der Waals surface area contributed by atoms with E-state index in [-0.39, 0.29) is 0 Å². The van der Waals surface area contributed by atoms with Crippen molar-refractivity contribution in [3.05, 3.63) is 22.4 Å². The third-order valence-corrected chi connectivity index (χ3v) is 6.63. The molecule has 1 heterocycles. The van der Waals surface area contributed by atoms with E-state index in [1.165, 1.54) is 43.4 Å². The molecule has 1 atom stereocenters. The Kier molecular flexibility index (Phi) is 2.58. The number of hydrogen-bond donors (Lipinski definition) is 2. The van der Waals surface area contributed by atoms with Crippen molar-refractivity contribution in [2.24, 2.45) is 29.0 Å². The molecule has 4 fully saturated rings. The summed E-state index contributed by atoms with van der Waals surface area (Å²) in [5.74, 6) is 8.92. The predicted octanol–water partition coefficient (Wildman–Crippen LogP) is 3.47. The van der Waals surface area contributed by atoms with Gasteiger partial charge in [0.2, 0.25) is 0 Å². The molecule has 2 nitrogen and oxygen atoms in total. The molecule has 98 valence electrons. The summed E-state index contributed by atoms with van der Waals surface area (Å²) in [5, 5.41) is 2.18. The fourth-order valence-corrected chi connectivity index (χ4v) is 6.47. The van der Waals surface area contributed by atoms with Crippen LogP contribution in [0.4, 0.5) is 0 Å². The zero-order valence-corrected chi connectivity index (χ0v) is 11.6. The second-order valence-corrected chi connectivity index (χ2v) is 7.87. The first-order valence-corrected chi connectivity index (χ1v) is 8.16. The SMILES string of the molecule is NNC(c1cccs1)C12CC3CC(CC(C3)C1)C2. The summed E-state index contributed by atoms with van der Waals surface area (Å²) < 4.78 is 0. The van der Waals surface area contributed by atoms with Gasteiger partial charge >= 0.3 is 0 Å². The van der Waals surface area contributed by atoms with Gasteiger partial charge in [-0.1, -0.05) is 6.07 Å². The van der Waals surface area contributed by atoms with Crippen LogP contribution in [0, 0.1) is 23.2 Å². The molecular formula is C15H22N2S. The number of thiophene rings is 1. The van der Waals surface area contributed by atoms with E-state index < -0.39 is 0 Å². The Morgan fingerprint density at radius 2 is 1.78 bits per heavy atom. The van der Waals surface area contributed by atoms with Gasteiger partial charge < -0.3 is 0 Å². The van der Waals surface area contributed by atoms with Crippen molar-refractivity contribution >= 4 is 11.3 Å². The Labute approximate surface area is 113 Å². The van der Waals surface area contributed by atoms with E-state index in [4.69, 9.17) is 5.84 Å². The second-order valence-electron chi connectivity index (χ2n) is 6.90. The van der Waals surface area contributed by atoms with Crippen LogP contribution in [-0.4, -0.2) is 0 Å². The molecule has 1 unspecified atom stereocenters. The molecule has 3 N–H and O–H groups in total. The normalized spacial score (nSPS) is 43.3. The Morgan fingerprint density at radius 3 is 2.22 bits per heavy atom. The van der Waals surface area contributed by atoms with Crippen molar-refractivity contribution < 1.29 is 0 Å². The highest BCUT2D eigenvalue weighted by Crippen LogP contribution is 2.64. The molecule has 4 bridgehead atoms. The lowest BCUT2D eigenvalue weighted by molar-refractivity contribution is -0.0742. The first-order chi connectivity index (χ1) is 8.79. The first-order valence-electron chi connectivity index (χ1n) is 7.28. The number of hydrogen-bond acceptors (Lipinski definition) is 3. The van der Waals surface area contributed by atoms with Crippen LogP contribution in [0.25, 0.3) is 0 Å². The van der Waals surface area contributed by atoms with E-state index in [9.17, 15) is 0 Å². The summed E-state index contributed by atoms with van der Waals surface area (Å²) >= 11 is 1.86. The van der Waals surface area contributed by atoms with E-state index in [2.05, 4.69) is 22.9 Å². The standard InChI is InChI=1S/C15H22N2S/c16-17-14(13-2-1-3-18-13)15-7-10-4-11(8-15)6-12(5-10)9-15/h1-3,10-12,14,17H,4-9,16H2. The maximum absolute atomic E-state index is 5.94. The lowest BCUT2D eigenvalue weighted by atomic mass is 9.47. The lowest BCUT2D eigenvalue weighted by Gasteiger charge is -2.59. The van der Waals surface area contributed by atoms with Crippen molar-refractivity contribution in [1.82, 2.24) is 5.43 Å². The Balaban J connectivity index is 1.70. The van der Waals surface area contributed by atoms with Crippen LogP contribution in [0.2, 0.25) is 0 Å². The van der Waals surface area contributed by atoms with Gasteiger partial charge in [-0.2, -0.15) is 0 Å². The highest BCUT2D eigenvalue weighted by molar-refractivity contribution is 7.10. The molecule has 0 spiro atoms. The molecule has 0 aliphatic heterocycles. The van der Waals surface area contributed by atoms with Crippen LogP contribution in [-0.2, 0) is 0 Å². The third-order valence-electron chi connectivity index (χ3n) is 5.69. The molecule has 0 aromatic carbocycles. The molecule has 1 aromatic heterocycles. The van der Waals surface area contributed by atoms with Crippen LogP contribution in [0.1, 0.15) is 49.4 Å². The molecule has 0 radical (unpaired) electrons. The quantitative estimate of drug-likeness (QED) is 0.646. The van der Waals surface area contributed by atoms with Gasteiger partial charge in [0.1, 0.15) is 0 Å². The Bertz CT molecular complexity index is 390. The van der Waals surface area contributed by atoms with Gasteiger partial charge in [0.25, 0.3) is 0 Å². The summed E-state index contributed by atoms with van der Waals surface area (Å²) in [6.07, 6.45) is 8.73. The molecule has 4 aliphatic rings. The van der Waals surface area contributed by atoms with E-state index in [0.29, 0.717) is 11.5 Å². The first kappa shape index (κ1) is 11.4. The molecule has 4 aliphatic carbocycles. The molecule has 1 aromatic rings. The fourth-order valence-electron chi connectivity index (χ4n) is 5.55. The van der Waals surface area contributed by atoms with Crippen LogP contribution >= 0.6 is 11.3 Å². The Morgan fingerprint density at radius 1 is 1.17 bits per heavy atom. The van der Waals surface area contributed by atoms with Crippen LogP contribution in [0.3, 0.4) is 0 Å². The average molecular weight is 262 g/mol. The van der Waals surface area contributed by atoms with Crippen molar-refractivity contribution in [2.75, 3.05) is 0 Å². The number of nitrogens with two attached hydrogens (primary N) is 1. The summed E-state index contributed by atoms with van der Waals surface area (Å²) in [6.45, 7) is 0. The Hall–Kier alpha value is -0.380. The minimum Gasteiger partial charge on any atom is -0.271 e. The van der Waals surface area contributed by atoms with E-state index in [1.54, 1.807) is 0 Å². The maximum atomic E-state index is 5.94. The van der Waals surface area contributed by atoms with Gasteiger partial charge in [0.15, 0.2) is 0 Å². The fraction of sp³-hybridized carbons (Fsp3) is 0.733. The van der Waals surface area contributed by atoms with Crippen LogP contribution in [0.5, 0.6) is 0 Å². The molecule has 0 amide bonds. The van der Waals surface area contributed by atoms with Gasteiger partial charge in [-0.25, -0.2) is 0 Å². The van der Waals surface area contributed by atoms with E-state index >= 15 is 0 Å². The minimum atomic E-state index is 0.394. The third kappa shape index (κ3) is 1.60. The van der Waals surface area contributed by atoms with Crippen molar-refractivity contribution in [3.8, 4) is 0 Å². The van der Waals surface area contributed by atoms with E-state index in [1.807, 2.05) is 11.3 Å². The molecule has 4 saturated carbocycles. The van der Waals surface area contributed by atoms with Crippen molar-refractivity contribution in [1.29, 1.82) is 0 Å². The number of hydrazine groups is 1. The zero-order chi connectivity index (χ0) is 12.2. The molecule has 5 rings (SSSR count). The highest BCUT2D eigenvalue weighted by Gasteiger charge is 2.54. The van der Waals surface area contributed by atoms with Gasteiger partial charge in [-0.3, -0.25) is 11.3 Å². The van der Waals surface area contributed by atoms with Gasteiger partial charge in [0.05, 0.1) is 6.04 Å². The van der Waals surface area contributed by atoms with Crippen molar-refractivity contribution in [3.63, 3.8) is 0 Å². The number of nitrogens with one attached hydrogen (secondary N) is 1. The minimum absolute atomic E-state index is 0.394. The zero-order valence-electron chi connectivity index (χ0n) is 10.8. The number of rotatable bonds is 3.